The lowest BCUT2D eigenvalue weighted by molar-refractivity contribution is 0.720. The van der Waals surface area contributed by atoms with Crippen LogP contribution in [0.15, 0.2) is 53.0 Å². The normalized spacial score (nSPS) is 12.7. The zero-order valence-corrected chi connectivity index (χ0v) is 13.0. The second-order valence-corrected chi connectivity index (χ2v) is 6.17. The van der Waals surface area contributed by atoms with Gasteiger partial charge < -0.3 is 5.73 Å². The van der Waals surface area contributed by atoms with Crippen molar-refractivity contribution in [2.45, 2.75) is 32.2 Å². The number of rotatable bonds is 4. The highest BCUT2D eigenvalue weighted by atomic mass is 79.9. The summed E-state index contributed by atoms with van der Waals surface area (Å²) in [6.45, 7) is 4.41. The van der Waals surface area contributed by atoms with Crippen molar-refractivity contribution in [1.29, 1.82) is 0 Å². The fraction of sp³-hybridized carbons (Fsp3) is 0.294. The highest BCUT2D eigenvalue weighted by molar-refractivity contribution is 9.10. The van der Waals surface area contributed by atoms with E-state index in [9.17, 15) is 0 Å². The van der Waals surface area contributed by atoms with Gasteiger partial charge in [-0.25, -0.2) is 0 Å². The molecule has 2 aromatic carbocycles. The van der Waals surface area contributed by atoms with Crippen molar-refractivity contribution in [2.75, 3.05) is 0 Å². The molecule has 0 heterocycles. The third kappa shape index (κ3) is 3.92. The molecule has 0 saturated heterocycles. The van der Waals surface area contributed by atoms with Crippen LogP contribution in [-0.4, -0.2) is 0 Å². The monoisotopic (exact) mass is 317 g/mol. The minimum atomic E-state index is 0.0578. The van der Waals surface area contributed by atoms with Crippen LogP contribution < -0.4 is 5.73 Å². The summed E-state index contributed by atoms with van der Waals surface area (Å²) in [4.78, 5) is 0. The standard InChI is InChI=1S/C17H20BrN/c1-12(2)14-5-7-15(8-6-14)17(19)11-13-3-9-16(18)10-4-13/h3-10,12,17H,11,19H2,1-2H3. The second kappa shape index (κ2) is 6.36. The summed E-state index contributed by atoms with van der Waals surface area (Å²) in [7, 11) is 0. The summed E-state index contributed by atoms with van der Waals surface area (Å²) in [5.74, 6) is 0.566. The lowest BCUT2D eigenvalue weighted by atomic mass is 9.96. The molecular formula is C17H20BrN. The van der Waals surface area contributed by atoms with Gasteiger partial charge in [-0.15, -0.1) is 0 Å². The minimum Gasteiger partial charge on any atom is -0.324 e. The molecule has 1 atom stereocenters. The molecule has 2 N–H and O–H groups in total. The molecule has 0 aliphatic carbocycles. The van der Waals surface area contributed by atoms with Crippen LogP contribution >= 0.6 is 15.9 Å². The molecular weight excluding hydrogens is 298 g/mol. The Morgan fingerprint density at radius 1 is 0.895 bits per heavy atom. The highest BCUT2D eigenvalue weighted by Gasteiger charge is 2.08. The SMILES string of the molecule is CC(C)c1ccc(C(N)Cc2ccc(Br)cc2)cc1. The van der Waals surface area contributed by atoms with Gasteiger partial charge in [0.05, 0.1) is 0 Å². The molecule has 2 aromatic rings. The molecule has 0 bridgehead atoms. The summed E-state index contributed by atoms with van der Waals surface area (Å²) >= 11 is 3.45. The van der Waals surface area contributed by atoms with Gasteiger partial charge in [-0.1, -0.05) is 66.2 Å². The van der Waals surface area contributed by atoms with Crippen LogP contribution in [-0.2, 0) is 6.42 Å². The number of hydrogen-bond donors (Lipinski definition) is 1. The molecule has 1 nitrogen and oxygen atoms in total. The minimum absolute atomic E-state index is 0.0578. The van der Waals surface area contributed by atoms with E-state index in [1.807, 2.05) is 0 Å². The summed E-state index contributed by atoms with van der Waals surface area (Å²) in [6, 6.07) is 17.1. The van der Waals surface area contributed by atoms with Crippen molar-refractivity contribution in [2.24, 2.45) is 5.73 Å². The van der Waals surface area contributed by atoms with Gasteiger partial charge in [0.25, 0.3) is 0 Å². The van der Waals surface area contributed by atoms with E-state index in [2.05, 4.69) is 78.3 Å². The molecule has 0 fully saturated rings. The summed E-state index contributed by atoms with van der Waals surface area (Å²) in [5.41, 5.74) is 10.1. The first kappa shape index (κ1) is 14.3. The van der Waals surface area contributed by atoms with Crippen LogP contribution in [0.1, 0.15) is 42.5 Å². The van der Waals surface area contributed by atoms with Crippen molar-refractivity contribution >= 4 is 15.9 Å². The predicted molar refractivity (Wildman–Crippen MR) is 85.3 cm³/mol. The highest BCUT2D eigenvalue weighted by Crippen LogP contribution is 2.21. The molecule has 0 amide bonds. The van der Waals surface area contributed by atoms with E-state index in [0.717, 1.165) is 10.9 Å². The average molecular weight is 318 g/mol. The van der Waals surface area contributed by atoms with Crippen molar-refractivity contribution < 1.29 is 0 Å². The zero-order valence-electron chi connectivity index (χ0n) is 11.4. The van der Waals surface area contributed by atoms with E-state index in [1.165, 1.54) is 16.7 Å². The Morgan fingerprint density at radius 2 is 1.42 bits per heavy atom. The van der Waals surface area contributed by atoms with Crippen molar-refractivity contribution in [1.82, 2.24) is 0 Å². The van der Waals surface area contributed by atoms with E-state index in [1.54, 1.807) is 0 Å². The zero-order chi connectivity index (χ0) is 13.8. The molecule has 1 unspecified atom stereocenters. The van der Waals surface area contributed by atoms with Gasteiger partial charge in [-0.2, -0.15) is 0 Å². The van der Waals surface area contributed by atoms with Crippen LogP contribution in [0.25, 0.3) is 0 Å². The Hall–Kier alpha value is -1.12. The Kier molecular flexibility index (Phi) is 4.78. The molecule has 2 rings (SSSR count). The maximum absolute atomic E-state index is 6.28. The third-order valence-electron chi connectivity index (χ3n) is 3.40. The van der Waals surface area contributed by atoms with E-state index < -0.39 is 0 Å². The van der Waals surface area contributed by atoms with Crippen molar-refractivity contribution in [3.8, 4) is 0 Å². The van der Waals surface area contributed by atoms with Gasteiger partial charge in [0.2, 0.25) is 0 Å². The van der Waals surface area contributed by atoms with Gasteiger partial charge >= 0.3 is 0 Å². The summed E-state index contributed by atoms with van der Waals surface area (Å²) in [6.07, 6.45) is 0.869. The summed E-state index contributed by atoms with van der Waals surface area (Å²) in [5, 5.41) is 0. The van der Waals surface area contributed by atoms with E-state index in [4.69, 9.17) is 5.73 Å². The largest absolute Gasteiger partial charge is 0.324 e. The van der Waals surface area contributed by atoms with Crippen LogP contribution in [0.2, 0.25) is 0 Å². The van der Waals surface area contributed by atoms with Gasteiger partial charge in [0.1, 0.15) is 0 Å². The fourth-order valence-electron chi connectivity index (χ4n) is 2.12. The first-order chi connectivity index (χ1) is 9.06. The Morgan fingerprint density at radius 3 is 1.95 bits per heavy atom. The number of hydrogen-bond acceptors (Lipinski definition) is 1. The molecule has 0 spiro atoms. The van der Waals surface area contributed by atoms with Crippen LogP contribution in [0, 0.1) is 0 Å². The van der Waals surface area contributed by atoms with Crippen LogP contribution in [0.3, 0.4) is 0 Å². The van der Waals surface area contributed by atoms with Crippen LogP contribution in [0.4, 0.5) is 0 Å². The lowest BCUT2D eigenvalue weighted by Gasteiger charge is -2.14. The van der Waals surface area contributed by atoms with Gasteiger partial charge in [0.15, 0.2) is 0 Å². The third-order valence-corrected chi connectivity index (χ3v) is 3.93. The lowest BCUT2D eigenvalue weighted by Crippen LogP contribution is -2.13. The maximum Gasteiger partial charge on any atom is 0.0335 e. The van der Waals surface area contributed by atoms with Crippen LogP contribution in [0.5, 0.6) is 0 Å². The first-order valence-corrected chi connectivity index (χ1v) is 7.45. The first-order valence-electron chi connectivity index (χ1n) is 6.66. The topological polar surface area (TPSA) is 26.0 Å². The smallest absolute Gasteiger partial charge is 0.0335 e. The second-order valence-electron chi connectivity index (χ2n) is 5.26. The van der Waals surface area contributed by atoms with E-state index in [-0.39, 0.29) is 6.04 Å². The number of halogens is 1. The molecule has 19 heavy (non-hydrogen) atoms. The number of benzene rings is 2. The Bertz CT molecular complexity index is 514. The fourth-order valence-corrected chi connectivity index (χ4v) is 2.38. The molecule has 0 aliphatic heterocycles. The molecule has 0 saturated carbocycles. The average Bonchev–Trinajstić information content (AvgIpc) is 2.41. The number of nitrogens with two attached hydrogens (primary N) is 1. The Balaban J connectivity index is 2.07. The quantitative estimate of drug-likeness (QED) is 0.860. The molecule has 100 valence electrons. The molecule has 0 aromatic heterocycles. The van der Waals surface area contributed by atoms with E-state index >= 15 is 0 Å². The van der Waals surface area contributed by atoms with Gasteiger partial charge in [-0.3, -0.25) is 0 Å². The van der Waals surface area contributed by atoms with E-state index in [0.29, 0.717) is 5.92 Å². The maximum atomic E-state index is 6.28. The molecule has 0 aliphatic rings. The molecule has 2 heteroatoms. The Labute approximate surface area is 124 Å². The van der Waals surface area contributed by atoms with Crippen molar-refractivity contribution in [3.63, 3.8) is 0 Å². The van der Waals surface area contributed by atoms with Gasteiger partial charge in [-0.05, 0) is 41.2 Å². The van der Waals surface area contributed by atoms with Crippen molar-refractivity contribution in [3.05, 3.63) is 69.7 Å². The molecule has 0 radical (unpaired) electrons. The summed E-state index contributed by atoms with van der Waals surface area (Å²) < 4.78 is 1.10. The predicted octanol–water partition coefficient (Wildman–Crippen LogP) is 4.82. The van der Waals surface area contributed by atoms with Gasteiger partial charge in [0, 0.05) is 10.5 Å².